The molecule has 3 aromatic carbocycles. The minimum atomic E-state index is -2.50. The molecule has 0 amide bonds. The second kappa shape index (κ2) is 11.5. The zero-order valence-corrected chi connectivity index (χ0v) is 22.4. The molecule has 35 heavy (non-hydrogen) atoms. The zero-order chi connectivity index (χ0) is 24.7. The molecule has 2 atom stereocenters. The highest BCUT2D eigenvalue weighted by atomic mass is 28.4. The van der Waals surface area contributed by atoms with Crippen LogP contribution < -0.4 is 15.1 Å². The first-order valence-corrected chi connectivity index (χ1v) is 14.5. The maximum Gasteiger partial charge on any atom is 0.261 e. The first-order chi connectivity index (χ1) is 16.9. The summed E-state index contributed by atoms with van der Waals surface area (Å²) in [6, 6.07) is 29.7. The summed E-state index contributed by atoms with van der Waals surface area (Å²) in [7, 11) is -0.816. The third-order valence-corrected chi connectivity index (χ3v) is 11.8. The Morgan fingerprint density at radius 1 is 0.886 bits per heavy atom. The van der Waals surface area contributed by atoms with Crippen LogP contribution in [0.1, 0.15) is 39.2 Å². The lowest BCUT2D eigenvalue weighted by Gasteiger charge is -2.43. The Kier molecular flexibility index (Phi) is 8.45. The fraction of sp³-hybridized carbons (Fsp3) is 0.400. The Morgan fingerprint density at radius 2 is 1.46 bits per heavy atom. The number of hydrogen-bond acceptors (Lipinski definition) is 4. The van der Waals surface area contributed by atoms with Gasteiger partial charge in [0.05, 0.1) is 26.4 Å². The van der Waals surface area contributed by atoms with Crippen molar-refractivity contribution in [1.82, 2.24) is 0 Å². The fourth-order valence-corrected chi connectivity index (χ4v) is 9.45. The first-order valence-electron chi connectivity index (χ1n) is 12.6. The third kappa shape index (κ3) is 6.22. The molecular formula is C30H38O4Si. The van der Waals surface area contributed by atoms with E-state index in [1.165, 1.54) is 10.4 Å². The van der Waals surface area contributed by atoms with Gasteiger partial charge >= 0.3 is 0 Å². The van der Waals surface area contributed by atoms with Crippen LogP contribution in [0.2, 0.25) is 5.04 Å². The Labute approximate surface area is 211 Å². The van der Waals surface area contributed by atoms with Crippen LogP contribution in [0.5, 0.6) is 5.75 Å². The summed E-state index contributed by atoms with van der Waals surface area (Å²) < 4.78 is 24.2. The molecule has 1 saturated heterocycles. The molecule has 1 fully saturated rings. The lowest BCUT2D eigenvalue weighted by molar-refractivity contribution is 0.0130. The largest absolute Gasteiger partial charge is 0.497 e. The summed E-state index contributed by atoms with van der Waals surface area (Å²) in [5.74, 6) is 0.858. The lowest BCUT2D eigenvalue weighted by Crippen LogP contribution is -2.66. The van der Waals surface area contributed by atoms with Crippen molar-refractivity contribution in [3.05, 3.63) is 90.5 Å². The summed E-state index contributed by atoms with van der Waals surface area (Å²) in [4.78, 5) is 0. The van der Waals surface area contributed by atoms with Gasteiger partial charge in [0.1, 0.15) is 11.9 Å². The van der Waals surface area contributed by atoms with Gasteiger partial charge in [0.25, 0.3) is 8.32 Å². The highest BCUT2D eigenvalue weighted by Crippen LogP contribution is 2.37. The van der Waals surface area contributed by atoms with Gasteiger partial charge in [-0.3, -0.25) is 0 Å². The van der Waals surface area contributed by atoms with E-state index < -0.39 is 8.32 Å². The van der Waals surface area contributed by atoms with Gasteiger partial charge in [-0.25, -0.2) is 0 Å². The van der Waals surface area contributed by atoms with E-state index in [-0.39, 0.29) is 17.2 Å². The van der Waals surface area contributed by atoms with Crippen molar-refractivity contribution < 1.29 is 18.6 Å². The van der Waals surface area contributed by atoms with E-state index in [0.29, 0.717) is 13.2 Å². The van der Waals surface area contributed by atoms with E-state index in [0.717, 1.165) is 30.8 Å². The van der Waals surface area contributed by atoms with Crippen molar-refractivity contribution in [2.24, 2.45) is 0 Å². The Morgan fingerprint density at radius 3 is 1.94 bits per heavy atom. The number of methoxy groups -OCH3 is 1. The number of rotatable bonds is 12. The Balaban J connectivity index is 1.43. The average molecular weight is 491 g/mol. The molecule has 0 radical (unpaired) electrons. The minimum absolute atomic E-state index is 0.0143. The van der Waals surface area contributed by atoms with Crippen molar-refractivity contribution in [2.45, 2.75) is 57.5 Å². The molecule has 0 N–H and O–H groups in total. The quantitative estimate of drug-likeness (QED) is 0.195. The zero-order valence-electron chi connectivity index (χ0n) is 21.4. The monoisotopic (exact) mass is 490 g/mol. The third-order valence-electron chi connectivity index (χ3n) is 6.77. The van der Waals surface area contributed by atoms with E-state index in [2.05, 4.69) is 93.6 Å². The minimum Gasteiger partial charge on any atom is -0.497 e. The molecule has 4 nitrogen and oxygen atoms in total. The van der Waals surface area contributed by atoms with Crippen LogP contribution in [-0.4, -0.2) is 40.8 Å². The van der Waals surface area contributed by atoms with Gasteiger partial charge in [-0.2, -0.15) is 0 Å². The molecule has 5 heteroatoms. The maximum absolute atomic E-state index is 7.03. The van der Waals surface area contributed by atoms with Gasteiger partial charge in [0.2, 0.25) is 0 Å². The molecule has 0 aliphatic carbocycles. The van der Waals surface area contributed by atoms with Gasteiger partial charge in [0.15, 0.2) is 0 Å². The molecule has 0 spiro atoms. The van der Waals surface area contributed by atoms with Crippen LogP contribution in [0.4, 0.5) is 0 Å². The van der Waals surface area contributed by atoms with Crippen molar-refractivity contribution in [3.8, 4) is 5.75 Å². The van der Waals surface area contributed by atoms with Crippen molar-refractivity contribution in [1.29, 1.82) is 0 Å². The predicted molar refractivity (Wildman–Crippen MR) is 144 cm³/mol. The number of benzene rings is 3. The van der Waals surface area contributed by atoms with Gasteiger partial charge < -0.3 is 18.6 Å². The SMILES string of the molecule is COc1ccc(CO[C@H](CCCO[Si](c2ccccc2)(c2ccccc2)C(C)(C)C)[C@@H]2CO2)cc1. The summed E-state index contributed by atoms with van der Waals surface area (Å²) in [6.45, 7) is 9.00. The Bertz CT molecular complexity index is 988. The highest BCUT2D eigenvalue weighted by Gasteiger charge is 2.50. The van der Waals surface area contributed by atoms with E-state index in [1.807, 2.05) is 12.1 Å². The fourth-order valence-electron chi connectivity index (χ4n) is 4.84. The highest BCUT2D eigenvalue weighted by molar-refractivity contribution is 6.99. The number of hydrogen-bond donors (Lipinski definition) is 0. The standard InChI is InChI=1S/C30H38O4Si/c1-30(2,3)35(26-12-7-5-8-13-26,27-14-9-6-10-15-27)34-21-11-16-28(29-23-33-29)32-22-24-17-19-25(31-4)20-18-24/h5-10,12-15,17-20,28-29H,11,16,21-23H2,1-4H3/t28-,29+/m1/s1. The molecule has 1 heterocycles. The molecule has 1 aliphatic rings. The summed E-state index contributed by atoms with van der Waals surface area (Å²) >= 11 is 0. The molecule has 0 aromatic heterocycles. The average Bonchev–Trinajstić information content (AvgIpc) is 3.72. The van der Waals surface area contributed by atoms with Gasteiger partial charge in [-0.15, -0.1) is 0 Å². The van der Waals surface area contributed by atoms with Crippen LogP contribution in [0, 0.1) is 0 Å². The molecule has 0 saturated carbocycles. The molecule has 0 bridgehead atoms. The second-order valence-electron chi connectivity index (χ2n) is 10.2. The smallest absolute Gasteiger partial charge is 0.261 e. The van der Waals surface area contributed by atoms with Crippen LogP contribution in [0.3, 0.4) is 0 Å². The molecule has 4 rings (SSSR count). The van der Waals surface area contributed by atoms with Crippen LogP contribution in [-0.2, 0) is 20.5 Å². The number of epoxide rings is 1. The van der Waals surface area contributed by atoms with Crippen molar-refractivity contribution in [3.63, 3.8) is 0 Å². The first kappa shape index (κ1) is 25.6. The molecule has 3 aromatic rings. The Hall–Kier alpha value is -2.44. The summed E-state index contributed by atoms with van der Waals surface area (Å²) in [5.41, 5.74) is 1.14. The van der Waals surface area contributed by atoms with Gasteiger partial charge in [-0.1, -0.05) is 93.6 Å². The van der Waals surface area contributed by atoms with E-state index in [9.17, 15) is 0 Å². The van der Waals surface area contributed by atoms with Crippen molar-refractivity contribution in [2.75, 3.05) is 20.3 Å². The molecule has 0 unspecified atom stereocenters. The van der Waals surface area contributed by atoms with E-state index in [4.69, 9.17) is 18.6 Å². The second-order valence-corrected chi connectivity index (χ2v) is 14.5. The lowest BCUT2D eigenvalue weighted by atomic mass is 10.1. The predicted octanol–water partition coefficient (Wildman–Crippen LogP) is 5.34. The van der Waals surface area contributed by atoms with Crippen LogP contribution >= 0.6 is 0 Å². The van der Waals surface area contributed by atoms with Gasteiger partial charge in [-0.05, 0) is 45.9 Å². The molecular weight excluding hydrogens is 452 g/mol. The normalized spacial score (nSPS) is 16.6. The molecule has 186 valence electrons. The summed E-state index contributed by atoms with van der Waals surface area (Å²) in [5, 5.41) is 2.62. The van der Waals surface area contributed by atoms with Crippen LogP contribution in [0.25, 0.3) is 0 Å². The van der Waals surface area contributed by atoms with E-state index in [1.54, 1.807) is 7.11 Å². The number of ether oxygens (including phenoxy) is 3. The topological polar surface area (TPSA) is 40.2 Å². The van der Waals surface area contributed by atoms with E-state index >= 15 is 0 Å². The maximum atomic E-state index is 7.03. The summed E-state index contributed by atoms with van der Waals surface area (Å²) in [6.07, 6.45) is 2.12. The van der Waals surface area contributed by atoms with Gasteiger partial charge in [0, 0.05) is 6.61 Å². The molecule has 1 aliphatic heterocycles. The van der Waals surface area contributed by atoms with Crippen molar-refractivity contribution >= 4 is 18.7 Å². The van der Waals surface area contributed by atoms with Crippen LogP contribution in [0.15, 0.2) is 84.9 Å².